The van der Waals surface area contributed by atoms with E-state index in [0.717, 1.165) is 6.42 Å². The molecule has 0 amide bonds. The van der Waals surface area contributed by atoms with Gasteiger partial charge < -0.3 is 9.64 Å². The fourth-order valence-corrected chi connectivity index (χ4v) is 2.39. The first-order valence-electron chi connectivity index (χ1n) is 6.29. The number of morpholine rings is 1. The minimum absolute atomic E-state index is 0.0481. The topological polar surface area (TPSA) is 29.5 Å². The van der Waals surface area contributed by atoms with Crippen molar-refractivity contribution in [3.05, 3.63) is 29.6 Å². The first-order valence-corrected chi connectivity index (χ1v) is 6.29. The number of rotatable bonds is 3. The molecular weight excluding hydrogens is 233 g/mol. The molecular formula is C14H18FNO2. The number of halogens is 1. The number of para-hydroxylation sites is 1. The largest absolute Gasteiger partial charge is 0.375 e. The molecule has 1 heterocycles. The summed E-state index contributed by atoms with van der Waals surface area (Å²) in [7, 11) is 0. The Morgan fingerprint density at radius 2 is 2.33 bits per heavy atom. The van der Waals surface area contributed by atoms with E-state index in [1.165, 1.54) is 6.07 Å². The van der Waals surface area contributed by atoms with Gasteiger partial charge in [-0.05, 0) is 25.5 Å². The highest BCUT2D eigenvalue weighted by Crippen LogP contribution is 2.29. The molecule has 1 aliphatic rings. The maximum atomic E-state index is 14.0. The van der Waals surface area contributed by atoms with E-state index in [4.69, 9.17) is 4.74 Å². The molecule has 1 fully saturated rings. The Bertz CT molecular complexity index is 436. The highest BCUT2D eigenvalue weighted by molar-refractivity contribution is 5.85. The molecule has 98 valence electrons. The van der Waals surface area contributed by atoms with Crippen LogP contribution in [0.15, 0.2) is 18.2 Å². The summed E-state index contributed by atoms with van der Waals surface area (Å²) in [6, 6.07) is 4.73. The van der Waals surface area contributed by atoms with E-state index in [0.29, 0.717) is 30.7 Å². The Balaban J connectivity index is 2.41. The van der Waals surface area contributed by atoms with Crippen molar-refractivity contribution < 1.29 is 13.9 Å². The summed E-state index contributed by atoms with van der Waals surface area (Å²) in [5, 5.41) is 0. The maximum Gasteiger partial charge on any atom is 0.152 e. The van der Waals surface area contributed by atoms with Crippen LogP contribution in [0.5, 0.6) is 0 Å². The lowest BCUT2D eigenvalue weighted by Gasteiger charge is -2.40. The third kappa shape index (κ3) is 2.38. The summed E-state index contributed by atoms with van der Waals surface area (Å²) in [6.07, 6.45) is 1.62. The molecule has 18 heavy (non-hydrogen) atoms. The van der Waals surface area contributed by atoms with E-state index in [9.17, 15) is 9.18 Å². The van der Waals surface area contributed by atoms with Crippen LogP contribution in [-0.4, -0.2) is 31.6 Å². The van der Waals surface area contributed by atoms with Gasteiger partial charge in [-0.1, -0.05) is 13.0 Å². The molecule has 0 aliphatic carbocycles. The van der Waals surface area contributed by atoms with Crippen molar-refractivity contribution in [1.29, 1.82) is 0 Å². The van der Waals surface area contributed by atoms with Gasteiger partial charge in [0.05, 0.1) is 24.4 Å². The zero-order valence-electron chi connectivity index (χ0n) is 10.7. The molecule has 2 atom stereocenters. The van der Waals surface area contributed by atoms with E-state index in [-0.39, 0.29) is 18.0 Å². The van der Waals surface area contributed by atoms with Crippen LogP contribution in [-0.2, 0) is 4.74 Å². The number of carbonyl (C=O) groups excluding carboxylic acids is 1. The number of benzene rings is 1. The van der Waals surface area contributed by atoms with Gasteiger partial charge in [0, 0.05) is 12.1 Å². The molecule has 1 saturated heterocycles. The molecule has 0 radical (unpaired) electrons. The summed E-state index contributed by atoms with van der Waals surface area (Å²) >= 11 is 0. The number of anilines is 1. The number of hydrogen-bond acceptors (Lipinski definition) is 3. The zero-order chi connectivity index (χ0) is 13.1. The van der Waals surface area contributed by atoms with Crippen molar-refractivity contribution in [1.82, 2.24) is 0 Å². The SMILES string of the molecule is CCC1COC(C)CN1c1c(F)cccc1C=O. The van der Waals surface area contributed by atoms with Gasteiger partial charge in [-0.2, -0.15) is 0 Å². The van der Waals surface area contributed by atoms with Crippen molar-refractivity contribution in [2.75, 3.05) is 18.1 Å². The summed E-state index contributed by atoms with van der Waals surface area (Å²) in [5.41, 5.74) is 0.817. The first-order chi connectivity index (χ1) is 8.67. The van der Waals surface area contributed by atoms with Crippen molar-refractivity contribution >= 4 is 12.0 Å². The van der Waals surface area contributed by atoms with Crippen LogP contribution in [0, 0.1) is 5.82 Å². The summed E-state index contributed by atoms with van der Waals surface area (Å²) in [6.45, 7) is 5.18. The molecule has 0 bridgehead atoms. The van der Waals surface area contributed by atoms with Crippen molar-refractivity contribution in [2.24, 2.45) is 0 Å². The molecule has 2 unspecified atom stereocenters. The fraction of sp³-hybridized carbons (Fsp3) is 0.500. The van der Waals surface area contributed by atoms with Gasteiger partial charge in [0.25, 0.3) is 0 Å². The van der Waals surface area contributed by atoms with E-state index < -0.39 is 0 Å². The predicted molar refractivity (Wildman–Crippen MR) is 68.6 cm³/mol. The van der Waals surface area contributed by atoms with E-state index in [2.05, 4.69) is 0 Å². The minimum atomic E-state index is -0.341. The lowest BCUT2D eigenvalue weighted by Crippen LogP contribution is -2.49. The van der Waals surface area contributed by atoms with Crippen LogP contribution in [0.4, 0.5) is 10.1 Å². The first kappa shape index (κ1) is 13.0. The second-order valence-electron chi connectivity index (χ2n) is 4.65. The Labute approximate surface area is 107 Å². The number of ether oxygens (including phenoxy) is 1. The van der Waals surface area contributed by atoms with Crippen LogP contribution in [0.25, 0.3) is 0 Å². The second kappa shape index (κ2) is 5.48. The molecule has 0 aromatic heterocycles. The Kier molecular flexibility index (Phi) is 3.97. The van der Waals surface area contributed by atoms with Gasteiger partial charge in [-0.3, -0.25) is 4.79 Å². The summed E-state index contributed by atoms with van der Waals surface area (Å²) in [5.74, 6) is -0.341. The van der Waals surface area contributed by atoms with Gasteiger partial charge in [0.15, 0.2) is 6.29 Å². The smallest absolute Gasteiger partial charge is 0.152 e. The van der Waals surface area contributed by atoms with Crippen LogP contribution in [0.3, 0.4) is 0 Å². The van der Waals surface area contributed by atoms with Crippen molar-refractivity contribution in [3.8, 4) is 0 Å². The van der Waals surface area contributed by atoms with Gasteiger partial charge in [-0.25, -0.2) is 4.39 Å². The maximum absolute atomic E-state index is 14.0. The molecule has 4 heteroatoms. The zero-order valence-corrected chi connectivity index (χ0v) is 10.7. The molecule has 3 nitrogen and oxygen atoms in total. The normalized spacial score (nSPS) is 24.1. The summed E-state index contributed by atoms with van der Waals surface area (Å²) < 4.78 is 19.6. The van der Waals surface area contributed by atoms with Crippen molar-refractivity contribution in [2.45, 2.75) is 32.4 Å². The lowest BCUT2D eigenvalue weighted by atomic mass is 10.1. The number of aldehydes is 1. The van der Waals surface area contributed by atoms with Crippen LogP contribution in [0.1, 0.15) is 30.6 Å². The minimum Gasteiger partial charge on any atom is -0.375 e. The highest BCUT2D eigenvalue weighted by atomic mass is 19.1. The average molecular weight is 251 g/mol. The third-order valence-electron chi connectivity index (χ3n) is 3.37. The lowest BCUT2D eigenvalue weighted by molar-refractivity contribution is 0.0296. The quantitative estimate of drug-likeness (QED) is 0.773. The van der Waals surface area contributed by atoms with E-state index in [1.54, 1.807) is 12.1 Å². The van der Waals surface area contributed by atoms with Crippen LogP contribution >= 0.6 is 0 Å². The molecule has 2 rings (SSSR count). The number of hydrogen-bond donors (Lipinski definition) is 0. The van der Waals surface area contributed by atoms with Crippen LogP contribution < -0.4 is 4.90 Å². The average Bonchev–Trinajstić information content (AvgIpc) is 2.38. The Morgan fingerprint density at radius 1 is 1.56 bits per heavy atom. The van der Waals surface area contributed by atoms with Gasteiger partial charge in [0.1, 0.15) is 5.82 Å². The molecule has 1 aromatic carbocycles. The van der Waals surface area contributed by atoms with E-state index >= 15 is 0 Å². The monoisotopic (exact) mass is 251 g/mol. The second-order valence-corrected chi connectivity index (χ2v) is 4.65. The molecule has 0 N–H and O–H groups in total. The van der Waals surface area contributed by atoms with Gasteiger partial charge >= 0.3 is 0 Å². The predicted octanol–water partition coefficient (Wildman–Crippen LogP) is 2.64. The van der Waals surface area contributed by atoms with Crippen LogP contribution in [0.2, 0.25) is 0 Å². The van der Waals surface area contributed by atoms with Gasteiger partial charge in [-0.15, -0.1) is 0 Å². The Morgan fingerprint density at radius 3 is 3.00 bits per heavy atom. The molecule has 0 saturated carbocycles. The molecule has 0 spiro atoms. The van der Waals surface area contributed by atoms with Gasteiger partial charge in [0.2, 0.25) is 0 Å². The number of carbonyl (C=O) groups is 1. The fourth-order valence-electron chi connectivity index (χ4n) is 2.39. The summed E-state index contributed by atoms with van der Waals surface area (Å²) in [4.78, 5) is 13.0. The molecule has 1 aromatic rings. The van der Waals surface area contributed by atoms with E-state index in [1.807, 2.05) is 18.7 Å². The third-order valence-corrected chi connectivity index (χ3v) is 3.37. The standard InChI is InChI=1S/C14H18FNO2/c1-3-12-9-18-10(2)7-16(12)14-11(8-17)5-4-6-13(14)15/h4-6,8,10,12H,3,7,9H2,1-2H3. The number of nitrogens with zero attached hydrogens (tertiary/aromatic N) is 1. The van der Waals surface area contributed by atoms with Crippen molar-refractivity contribution in [3.63, 3.8) is 0 Å². The highest BCUT2D eigenvalue weighted by Gasteiger charge is 2.29. The Hall–Kier alpha value is -1.42. The molecule has 1 aliphatic heterocycles.